The van der Waals surface area contributed by atoms with E-state index >= 15 is 0 Å². The van der Waals surface area contributed by atoms with E-state index in [1.165, 1.54) is 4.31 Å². The van der Waals surface area contributed by atoms with Gasteiger partial charge in [0.2, 0.25) is 0 Å². The number of rotatable bonds is 3. The van der Waals surface area contributed by atoms with Gasteiger partial charge in [0.05, 0.1) is 0 Å². The monoisotopic (exact) mass is 163 g/mol. The van der Waals surface area contributed by atoms with Crippen LogP contribution >= 0.6 is 12.8 Å². The Morgan fingerprint density at radius 1 is 1.50 bits per heavy atom. The first kappa shape index (κ1) is 9.58. The summed E-state index contributed by atoms with van der Waals surface area (Å²) in [5.74, 6) is 0. The molecule has 0 unspecified atom stereocenters. The van der Waals surface area contributed by atoms with Crippen LogP contribution in [0.25, 0.3) is 0 Å². The number of carbonyl (C=O) groups excluding carboxylic acids is 1. The van der Waals surface area contributed by atoms with E-state index in [2.05, 4.69) is 12.8 Å². The van der Waals surface area contributed by atoms with E-state index in [-0.39, 0.29) is 0 Å². The van der Waals surface area contributed by atoms with Gasteiger partial charge in [-0.25, -0.2) is 4.79 Å². The summed E-state index contributed by atoms with van der Waals surface area (Å²) in [6.07, 6.45) is 0. The van der Waals surface area contributed by atoms with Gasteiger partial charge in [-0.1, -0.05) is 12.8 Å². The summed E-state index contributed by atoms with van der Waals surface area (Å²) < 4.78 is 1.18. The molecule has 0 aliphatic heterocycles. The summed E-state index contributed by atoms with van der Waals surface area (Å²) in [7, 11) is 3.84. The van der Waals surface area contributed by atoms with E-state index < -0.39 is 6.03 Å². The summed E-state index contributed by atoms with van der Waals surface area (Å²) >= 11 is 3.83. The topological polar surface area (TPSA) is 49.6 Å². The summed E-state index contributed by atoms with van der Waals surface area (Å²) in [6.45, 7) is 1.32. The lowest BCUT2D eigenvalue weighted by molar-refractivity contribution is 0.232. The van der Waals surface area contributed by atoms with Crippen molar-refractivity contribution < 1.29 is 4.79 Å². The molecule has 0 rings (SSSR count). The average molecular weight is 163 g/mol. The molecule has 0 spiro atoms. The van der Waals surface area contributed by atoms with Crippen LogP contribution in [0.5, 0.6) is 0 Å². The molecule has 0 atom stereocenters. The van der Waals surface area contributed by atoms with Crippen molar-refractivity contribution in [3.63, 3.8) is 0 Å². The fraction of sp³-hybridized carbons (Fsp3) is 0.800. The molecule has 0 aromatic heterocycles. The highest BCUT2D eigenvalue weighted by molar-refractivity contribution is 7.78. The first-order valence-corrected chi connectivity index (χ1v) is 3.34. The SMILES string of the molecule is CN(C)CCN(S)C(N)=O. The Labute approximate surface area is 66.5 Å². The molecular weight excluding hydrogens is 150 g/mol. The molecule has 0 aromatic rings. The molecule has 5 heteroatoms. The van der Waals surface area contributed by atoms with E-state index in [4.69, 9.17) is 5.73 Å². The molecule has 4 nitrogen and oxygen atoms in total. The molecule has 0 aliphatic rings. The number of hydrogen-bond acceptors (Lipinski definition) is 3. The highest BCUT2D eigenvalue weighted by Gasteiger charge is 2.02. The lowest BCUT2D eigenvalue weighted by Crippen LogP contribution is -2.33. The van der Waals surface area contributed by atoms with Crippen LogP contribution in [0.15, 0.2) is 0 Å². The number of thiol groups is 1. The van der Waals surface area contributed by atoms with Crippen molar-refractivity contribution in [2.24, 2.45) is 5.73 Å². The van der Waals surface area contributed by atoms with Gasteiger partial charge in [-0.2, -0.15) is 0 Å². The quantitative estimate of drug-likeness (QED) is 0.565. The van der Waals surface area contributed by atoms with Gasteiger partial charge >= 0.3 is 6.03 Å². The van der Waals surface area contributed by atoms with E-state index in [1.54, 1.807) is 0 Å². The molecular formula is C5H13N3OS. The minimum atomic E-state index is -0.509. The van der Waals surface area contributed by atoms with Crippen LogP contribution in [-0.2, 0) is 0 Å². The van der Waals surface area contributed by atoms with Gasteiger partial charge in [0, 0.05) is 13.1 Å². The molecule has 10 heavy (non-hydrogen) atoms. The number of hydrogen-bond donors (Lipinski definition) is 2. The molecule has 2 amide bonds. The van der Waals surface area contributed by atoms with Gasteiger partial charge < -0.3 is 10.6 Å². The molecule has 0 saturated heterocycles. The second-order valence-corrected chi connectivity index (χ2v) is 2.75. The van der Waals surface area contributed by atoms with Crippen molar-refractivity contribution in [3.05, 3.63) is 0 Å². The third-order valence-electron chi connectivity index (χ3n) is 1.01. The zero-order chi connectivity index (χ0) is 8.15. The van der Waals surface area contributed by atoms with Gasteiger partial charge in [0.25, 0.3) is 0 Å². The predicted molar refractivity (Wildman–Crippen MR) is 43.8 cm³/mol. The molecule has 2 N–H and O–H groups in total. The summed E-state index contributed by atoms with van der Waals surface area (Å²) in [4.78, 5) is 12.3. The van der Waals surface area contributed by atoms with E-state index in [9.17, 15) is 4.79 Å². The second kappa shape index (κ2) is 4.40. The minimum Gasteiger partial charge on any atom is -0.351 e. The van der Waals surface area contributed by atoms with Crippen molar-refractivity contribution in [1.29, 1.82) is 0 Å². The highest BCUT2D eigenvalue weighted by Crippen LogP contribution is 1.90. The number of urea groups is 1. The smallest absolute Gasteiger partial charge is 0.324 e. The highest BCUT2D eigenvalue weighted by atomic mass is 32.1. The zero-order valence-corrected chi connectivity index (χ0v) is 7.14. The van der Waals surface area contributed by atoms with E-state index in [0.29, 0.717) is 6.54 Å². The van der Waals surface area contributed by atoms with Crippen LogP contribution in [-0.4, -0.2) is 42.4 Å². The Hall–Kier alpha value is -0.420. The summed E-state index contributed by atoms with van der Waals surface area (Å²) in [5.41, 5.74) is 4.91. The van der Waals surface area contributed by atoms with Crippen LogP contribution in [0.2, 0.25) is 0 Å². The Morgan fingerprint density at radius 2 is 2.00 bits per heavy atom. The van der Waals surface area contributed by atoms with Crippen molar-refractivity contribution >= 4 is 18.8 Å². The Balaban J connectivity index is 3.40. The van der Waals surface area contributed by atoms with Gasteiger partial charge in [0.1, 0.15) is 0 Å². The molecule has 0 saturated carbocycles. The van der Waals surface area contributed by atoms with Crippen LogP contribution in [0.4, 0.5) is 4.79 Å². The standard InChI is InChI=1S/C5H13N3OS/c1-7(2)3-4-8(10)5(6)9/h10H,3-4H2,1-2H3,(H2,6,9). The average Bonchev–Trinajstić information content (AvgIpc) is 1.82. The fourth-order valence-corrected chi connectivity index (χ4v) is 0.494. The summed E-state index contributed by atoms with van der Waals surface area (Å²) in [5, 5.41) is 0. The first-order chi connectivity index (χ1) is 4.54. The van der Waals surface area contributed by atoms with Crippen LogP contribution < -0.4 is 5.73 Å². The number of nitrogens with two attached hydrogens (primary N) is 1. The Kier molecular flexibility index (Phi) is 4.22. The molecule has 0 aliphatic carbocycles. The third-order valence-corrected chi connectivity index (χ3v) is 1.41. The maximum atomic E-state index is 10.4. The normalized spacial score (nSPS) is 10.0. The first-order valence-electron chi connectivity index (χ1n) is 2.94. The molecule has 0 radical (unpaired) electrons. The van der Waals surface area contributed by atoms with Gasteiger partial charge in [-0.05, 0) is 14.1 Å². The number of carbonyl (C=O) groups is 1. The lowest BCUT2D eigenvalue weighted by Gasteiger charge is -2.15. The molecule has 0 bridgehead atoms. The van der Waals surface area contributed by atoms with Crippen LogP contribution in [0, 0.1) is 0 Å². The molecule has 0 fully saturated rings. The minimum absolute atomic E-state index is 0.509. The van der Waals surface area contributed by atoms with Crippen molar-refractivity contribution in [2.45, 2.75) is 0 Å². The molecule has 60 valence electrons. The van der Waals surface area contributed by atoms with Crippen molar-refractivity contribution in [3.8, 4) is 0 Å². The maximum absolute atomic E-state index is 10.4. The van der Waals surface area contributed by atoms with E-state index in [0.717, 1.165) is 6.54 Å². The summed E-state index contributed by atoms with van der Waals surface area (Å²) in [6, 6.07) is -0.509. The second-order valence-electron chi connectivity index (χ2n) is 2.26. The van der Waals surface area contributed by atoms with Crippen LogP contribution in [0.1, 0.15) is 0 Å². The predicted octanol–water partition coefficient (Wildman–Crippen LogP) is -0.227. The lowest BCUT2D eigenvalue weighted by atomic mass is 10.6. The Bertz CT molecular complexity index is 117. The van der Waals surface area contributed by atoms with E-state index in [1.807, 2.05) is 19.0 Å². The van der Waals surface area contributed by atoms with Gasteiger partial charge in [-0.3, -0.25) is 4.31 Å². The number of nitrogens with zero attached hydrogens (tertiary/aromatic N) is 2. The third kappa shape index (κ3) is 4.46. The van der Waals surface area contributed by atoms with Crippen molar-refractivity contribution in [1.82, 2.24) is 9.21 Å². The van der Waals surface area contributed by atoms with Gasteiger partial charge in [0.15, 0.2) is 0 Å². The van der Waals surface area contributed by atoms with Crippen molar-refractivity contribution in [2.75, 3.05) is 27.2 Å². The number of amides is 2. The molecule has 0 heterocycles. The zero-order valence-electron chi connectivity index (χ0n) is 6.24. The number of likely N-dealkylation sites (N-methyl/N-ethyl adjacent to an activating group) is 1. The maximum Gasteiger partial charge on any atom is 0.324 e. The van der Waals surface area contributed by atoms with Crippen LogP contribution in [0.3, 0.4) is 0 Å². The number of primary amides is 1. The fourth-order valence-electron chi connectivity index (χ4n) is 0.405. The van der Waals surface area contributed by atoms with Gasteiger partial charge in [-0.15, -0.1) is 0 Å². The largest absolute Gasteiger partial charge is 0.351 e. The molecule has 0 aromatic carbocycles. The Morgan fingerprint density at radius 3 is 2.30 bits per heavy atom.